The number of anilines is 1. The lowest BCUT2D eigenvalue weighted by Gasteiger charge is -2.34. The molecule has 2 N–H and O–H groups in total. The lowest BCUT2D eigenvalue weighted by molar-refractivity contribution is 0.501. The summed E-state index contributed by atoms with van der Waals surface area (Å²) in [4.78, 5) is 10.8. The number of pyridine rings is 2. The summed E-state index contributed by atoms with van der Waals surface area (Å²) < 4.78 is 14.2. The minimum atomic E-state index is -0.261. The number of hydrogen-bond acceptors (Lipinski definition) is 5. The van der Waals surface area contributed by atoms with Crippen molar-refractivity contribution in [1.82, 2.24) is 9.97 Å². The molecule has 3 aromatic rings. The minimum Gasteiger partial charge on any atom is -0.370 e. The molecule has 0 saturated carbocycles. The van der Waals surface area contributed by atoms with Gasteiger partial charge in [-0.25, -0.2) is 9.37 Å². The summed E-state index contributed by atoms with van der Waals surface area (Å²) in [6.07, 6.45) is 11.0. The van der Waals surface area contributed by atoms with Gasteiger partial charge >= 0.3 is 0 Å². The molecular weight excluding hydrogens is 389 g/mol. The van der Waals surface area contributed by atoms with Gasteiger partial charge < -0.3 is 10.6 Å². The number of rotatable bonds is 4. The number of nitrogens with two attached hydrogens (primary N) is 1. The predicted molar refractivity (Wildman–Crippen MR) is 122 cm³/mol. The molecule has 0 spiro atoms. The SMILES string of the molecule is Cc1cc(F)cc(-c2cncc(/C=C/c3ccnc(C#N)c3)c2N2CCC(N)CC2)c1. The number of aromatic nitrogens is 2. The standard InChI is InChI=1S/C25H24FN5/c1-17-10-20(13-21(26)11-17)24-16-29-15-19(25(24)31-8-5-22(28)6-9-31)3-2-18-4-7-30-23(12-18)14-27/h2-4,7,10-13,15-16,22H,5-6,8-9,28H2,1H3/b3-2+. The van der Waals surface area contributed by atoms with E-state index < -0.39 is 0 Å². The molecule has 4 rings (SSSR count). The molecule has 0 radical (unpaired) electrons. The Bertz CT molecular complexity index is 1140. The maximum atomic E-state index is 14.2. The largest absolute Gasteiger partial charge is 0.370 e. The van der Waals surface area contributed by atoms with Gasteiger partial charge in [-0.3, -0.25) is 4.98 Å². The van der Waals surface area contributed by atoms with E-state index in [2.05, 4.69) is 20.9 Å². The van der Waals surface area contributed by atoms with Gasteiger partial charge in [0.1, 0.15) is 17.6 Å². The van der Waals surface area contributed by atoms with E-state index in [1.807, 2.05) is 37.4 Å². The molecule has 1 aromatic carbocycles. The summed E-state index contributed by atoms with van der Waals surface area (Å²) >= 11 is 0. The molecule has 1 fully saturated rings. The molecule has 0 aliphatic carbocycles. The highest BCUT2D eigenvalue weighted by Gasteiger charge is 2.22. The first kappa shape index (κ1) is 20.7. The zero-order valence-corrected chi connectivity index (χ0v) is 17.4. The van der Waals surface area contributed by atoms with Gasteiger partial charge in [0.2, 0.25) is 0 Å². The summed E-state index contributed by atoms with van der Waals surface area (Å²) in [5, 5.41) is 9.10. The van der Waals surface area contributed by atoms with E-state index in [-0.39, 0.29) is 11.9 Å². The Morgan fingerprint density at radius 1 is 1.16 bits per heavy atom. The molecule has 0 bridgehead atoms. The summed E-state index contributed by atoms with van der Waals surface area (Å²) in [5.74, 6) is -0.261. The molecule has 3 heterocycles. The Hall–Kier alpha value is -3.56. The van der Waals surface area contributed by atoms with E-state index in [0.29, 0.717) is 5.69 Å². The lowest BCUT2D eigenvalue weighted by atomic mass is 9.97. The van der Waals surface area contributed by atoms with Gasteiger partial charge in [0.15, 0.2) is 0 Å². The van der Waals surface area contributed by atoms with Crippen molar-refractivity contribution in [3.8, 4) is 17.2 Å². The normalized spacial score (nSPS) is 14.7. The van der Waals surface area contributed by atoms with Crippen LogP contribution in [0.15, 0.2) is 48.9 Å². The van der Waals surface area contributed by atoms with Gasteiger partial charge in [-0.1, -0.05) is 18.2 Å². The van der Waals surface area contributed by atoms with Crippen LogP contribution in [0.1, 0.15) is 35.2 Å². The fourth-order valence-corrected chi connectivity index (χ4v) is 3.97. The zero-order valence-electron chi connectivity index (χ0n) is 17.4. The molecule has 6 heteroatoms. The average molecular weight is 414 g/mol. The van der Waals surface area contributed by atoms with E-state index in [1.165, 1.54) is 6.07 Å². The van der Waals surface area contributed by atoms with Crippen molar-refractivity contribution in [3.63, 3.8) is 0 Å². The van der Waals surface area contributed by atoms with Crippen LogP contribution in [0, 0.1) is 24.1 Å². The highest BCUT2D eigenvalue weighted by atomic mass is 19.1. The van der Waals surface area contributed by atoms with E-state index in [1.54, 1.807) is 24.5 Å². The second kappa shape index (κ2) is 9.07. The highest BCUT2D eigenvalue weighted by molar-refractivity contribution is 5.87. The summed E-state index contributed by atoms with van der Waals surface area (Å²) in [6, 6.07) is 10.9. The number of benzene rings is 1. The van der Waals surface area contributed by atoms with Crippen LogP contribution in [0.4, 0.5) is 10.1 Å². The first-order valence-corrected chi connectivity index (χ1v) is 10.3. The fraction of sp³-hybridized carbons (Fsp3) is 0.240. The van der Waals surface area contributed by atoms with Crippen LogP contribution in [0.5, 0.6) is 0 Å². The Morgan fingerprint density at radius 2 is 1.97 bits per heavy atom. The van der Waals surface area contributed by atoms with Crippen LogP contribution in [0.3, 0.4) is 0 Å². The van der Waals surface area contributed by atoms with Gasteiger partial charge in [0.25, 0.3) is 0 Å². The number of piperidine rings is 1. The Kier molecular flexibility index (Phi) is 6.06. The van der Waals surface area contributed by atoms with Crippen molar-refractivity contribution in [3.05, 3.63) is 77.1 Å². The number of halogens is 1. The predicted octanol–water partition coefficient (Wildman–Crippen LogP) is 4.56. The van der Waals surface area contributed by atoms with Gasteiger partial charge in [-0.15, -0.1) is 0 Å². The minimum absolute atomic E-state index is 0.207. The van der Waals surface area contributed by atoms with Gasteiger partial charge in [-0.2, -0.15) is 5.26 Å². The molecular formula is C25H24FN5. The van der Waals surface area contributed by atoms with Crippen molar-refractivity contribution < 1.29 is 4.39 Å². The summed E-state index contributed by atoms with van der Waals surface area (Å²) in [5.41, 5.74) is 11.9. The Morgan fingerprint density at radius 3 is 2.71 bits per heavy atom. The number of nitriles is 1. The third-order valence-electron chi connectivity index (χ3n) is 5.51. The molecule has 156 valence electrons. The second-order valence-electron chi connectivity index (χ2n) is 7.89. The van der Waals surface area contributed by atoms with Gasteiger partial charge in [0.05, 0.1) is 5.69 Å². The van der Waals surface area contributed by atoms with E-state index in [0.717, 1.165) is 59.4 Å². The van der Waals surface area contributed by atoms with Crippen LogP contribution in [-0.4, -0.2) is 29.1 Å². The second-order valence-corrected chi connectivity index (χ2v) is 7.89. The summed E-state index contributed by atoms with van der Waals surface area (Å²) in [7, 11) is 0. The lowest BCUT2D eigenvalue weighted by Crippen LogP contribution is -2.40. The molecule has 0 unspecified atom stereocenters. The molecule has 31 heavy (non-hydrogen) atoms. The first-order chi connectivity index (χ1) is 15.0. The Labute approximate surface area is 181 Å². The van der Waals surface area contributed by atoms with Crippen LogP contribution >= 0.6 is 0 Å². The zero-order chi connectivity index (χ0) is 21.8. The van der Waals surface area contributed by atoms with Crippen molar-refractivity contribution in [2.24, 2.45) is 5.73 Å². The van der Waals surface area contributed by atoms with Crippen molar-refractivity contribution in [2.45, 2.75) is 25.8 Å². The Balaban J connectivity index is 1.80. The van der Waals surface area contributed by atoms with Gasteiger partial charge in [0, 0.05) is 48.8 Å². The molecule has 5 nitrogen and oxygen atoms in total. The van der Waals surface area contributed by atoms with E-state index in [4.69, 9.17) is 11.0 Å². The fourth-order valence-electron chi connectivity index (χ4n) is 3.97. The maximum absolute atomic E-state index is 14.2. The molecule has 2 aromatic heterocycles. The molecule has 1 aliphatic rings. The van der Waals surface area contributed by atoms with Crippen LogP contribution < -0.4 is 10.6 Å². The van der Waals surface area contributed by atoms with Crippen molar-refractivity contribution in [2.75, 3.05) is 18.0 Å². The topological polar surface area (TPSA) is 78.8 Å². The molecule has 1 aliphatic heterocycles. The summed E-state index contributed by atoms with van der Waals surface area (Å²) in [6.45, 7) is 3.56. The first-order valence-electron chi connectivity index (χ1n) is 10.3. The highest BCUT2D eigenvalue weighted by Crippen LogP contribution is 2.36. The maximum Gasteiger partial charge on any atom is 0.141 e. The molecule has 0 atom stereocenters. The van der Waals surface area contributed by atoms with E-state index in [9.17, 15) is 4.39 Å². The third kappa shape index (κ3) is 4.79. The van der Waals surface area contributed by atoms with Crippen molar-refractivity contribution in [1.29, 1.82) is 5.26 Å². The van der Waals surface area contributed by atoms with E-state index >= 15 is 0 Å². The number of nitrogens with zero attached hydrogens (tertiary/aromatic N) is 4. The average Bonchev–Trinajstić information content (AvgIpc) is 2.77. The number of hydrogen-bond donors (Lipinski definition) is 1. The smallest absolute Gasteiger partial charge is 0.141 e. The van der Waals surface area contributed by atoms with Crippen LogP contribution in [0.2, 0.25) is 0 Å². The molecule has 0 amide bonds. The van der Waals surface area contributed by atoms with Crippen LogP contribution in [0.25, 0.3) is 23.3 Å². The van der Waals surface area contributed by atoms with Gasteiger partial charge in [-0.05, 0) is 60.7 Å². The van der Waals surface area contributed by atoms with Crippen LogP contribution in [-0.2, 0) is 0 Å². The quantitative estimate of drug-likeness (QED) is 0.678. The third-order valence-corrected chi connectivity index (χ3v) is 5.51. The molecule has 1 saturated heterocycles. The monoisotopic (exact) mass is 413 g/mol. The van der Waals surface area contributed by atoms with Crippen molar-refractivity contribution >= 4 is 17.8 Å². The number of aryl methyl sites for hydroxylation is 1.